The van der Waals surface area contributed by atoms with Crippen LogP contribution in [-0.4, -0.2) is 23.2 Å². The average Bonchev–Trinajstić information content (AvgIpc) is 2.97. The summed E-state index contributed by atoms with van der Waals surface area (Å²) in [5, 5.41) is 6.86. The Hall–Kier alpha value is -3.10. The fourth-order valence-electron chi connectivity index (χ4n) is 3.14. The number of H-pyrrole nitrogens is 1. The average molecular weight is 415 g/mol. The molecule has 2 aromatic heterocycles. The van der Waals surface area contributed by atoms with Gasteiger partial charge in [0.15, 0.2) is 0 Å². The van der Waals surface area contributed by atoms with Gasteiger partial charge in [0, 0.05) is 17.0 Å². The van der Waals surface area contributed by atoms with E-state index in [2.05, 4.69) is 10.2 Å². The molecule has 0 amide bonds. The van der Waals surface area contributed by atoms with Crippen LogP contribution >= 0.6 is 11.6 Å². The summed E-state index contributed by atoms with van der Waals surface area (Å²) in [7, 11) is -3.95. The number of rotatable bonds is 4. The molecule has 0 saturated carbocycles. The molecule has 3 N–H and O–H groups in total. The Morgan fingerprint density at radius 2 is 1.75 bits per heavy atom. The van der Waals surface area contributed by atoms with E-state index in [0.29, 0.717) is 5.02 Å². The van der Waals surface area contributed by atoms with Gasteiger partial charge in [-0.2, -0.15) is 5.10 Å². The van der Waals surface area contributed by atoms with Crippen molar-refractivity contribution < 1.29 is 8.42 Å². The standard InChI is InChI=1S/C19H15ClN4O3S/c20-13-8-6-12(7-9-13)11-24-16-15(10-22-23-19(16)25)17(18(24)21)28(26,27)14-4-2-1-3-5-14/h1-10H,11,21H2,(H,23,25). The molecule has 4 rings (SSSR count). The number of nitrogens with zero attached hydrogens (tertiary/aromatic N) is 2. The van der Waals surface area contributed by atoms with E-state index in [1.54, 1.807) is 42.5 Å². The van der Waals surface area contributed by atoms with Crippen molar-refractivity contribution in [3.63, 3.8) is 0 Å². The van der Waals surface area contributed by atoms with E-state index in [0.717, 1.165) is 5.56 Å². The van der Waals surface area contributed by atoms with Crippen molar-refractivity contribution >= 4 is 38.2 Å². The van der Waals surface area contributed by atoms with Gasteiger partial charge in [0.1, 0.15) is 16.2 Å². The van der Waals surface area contributed by atoms with Crippen LogP contribution in [0, 0.1) is 0 Å². The van der Waals surface area contributed by atoms with Crippen LogP contribution in [0.25, 0.3) is 10.9 Å². The molecular weight excluding hydrogens is 400 g/mol. The van der Waals surface area contributed by atoms with Gasteiger partial charge in [-0.05, 0) is 29.8 Å². The summed E-state index contributed by atoms with van der Waals surface area (Å²) >= 11 is 5.92. The van der Waals surface area contributed by atoms with E-state index in [1.165, 1.54) is 22.9 Å². The van der Waals surface area contributed by atoms with Crippen LogP contribution in [0.3, 0.4) is 0 Å². The fourth-order valence-corrected chi connectivity index (χ4v) is 4.85. The predicted octanol–water partition coefficient (Wildman–Crippen LogP) is 2.84. The van der Waals surface area contributed by atoms with Gasteiger partial charge in [-0.25, -0.2) is 13.5 Å². The number of hydrogen-bond donors (Lipinski definition) is 2. The molecule has 0 aliphatic carbocycles. The maximum Gasteiger partial charge on any atom is 0.288 e. The third-order valence-electron chi connectivity index (χ3n) is 4.44. The number of fused-ring (bicyclic) bond motifs is 1. The van der Waals surface area contributed by atoms with Gasteiger partial charge in [-0.1, -0.05) is 41.9 Å². The second kappa shape index (κ2) is 6.81. The van der Waals surface area contributed by atoms with Gasteiger partial charge < -0.3 is 10.3 Å². The highest BCUT2D eigenvalue weighted by atomic mass is 35.5. The zero-order chi connectivity index (χ0) is 19.9. The van der Waals surface area contributed by atoms with Gasteiger partial charge in [-0.3, -0.25) is 4.79 Å². The van der Waals surface area contributed by atoms with Crippen LogP contribution in [0.2, 0.25) is 5.02 Å². The topological polar surface area (TPSA) is 111 Å². The number of benzene rings is 2. The molecule has 7 nitrogen and oxygen atoms in total. The van der Waals surface area contributed by atoms with Gasteiger partial charge >= 0.3 is 0 Å². The number of nitrogens with one attached hydrogen (secondary N) is 1. The first-order valence-corrected chi connectivity index (χ1v) is 10.2. The van der Waals surface area contributed by atoms with Crippen molar-refractivity contribution in [2.75, 3.05) is 5.73 Å². The van der Waals surface area contributed by atoms with Crippen molar-refractivity contribution in [3.05, 3.63) is 81.7 Å². The largest absolute Gasteiger partial charge is 0.384 e. The zero-order valence-corrected chi connectivity index (χ0v) is 16.0. The third kappa shape index (κ3) is 2.96. The highest BCUT2D eigenvalue weighted by Gasteiger charge is 2.29. The number of halogens is 1. The van der Waals surface area contributed by atoms with Gasteiger partial charge in [0.25, 0.3) is 5.56 Å². The highest BCUT2D eigenvalue weighted by Crippen LogP contribution is 2.34. The lowest BCUT2D eigenvalue weighted by Crippen LogP contribution is -2.14. The van der Waals surface area contributed by atoms with Crippen LogP contribution in [0.4, 0.5) is 5.82 Å². The molecule has 0 bridgehead atoms. The number of hydrogen-bond acceptors (Lipinski definition) is 5. The van der Waals surface area contributed by atoms with Crippen molar-refractivity contribution in [1.29, 1.82) is 0 Å². The molecule has 0 atom stereocenters. The Balaban J connectivity index is 1.99. The molecule has 142 valence electrons. The number of aromatic nitrogens is 3. The van der Waals surface area contributed by atoms with Gasteiger partial charge in [0.05, 0.1) is 11.1 Å². The second-order valence-corrected chi connectivity index (χ2v) is 8.53. The van der Waals surface area contributed by atoms with Crippen LogP contribution in [0.15, 0.2) is 75.4 Å². The van der Waals surface area contributed by atoms with Crippen LogP contribution in [-0.2, 0) is 16.4 Å². The number of aromatic amines is 1. The highest BCUT2D eigenvalue weighted by molar-refractivity contribution is 7.92. The van der Waals surface area contributed by atoms with Crippen molar-refractivity contribution in [1.82, 2.24) is 14.8 Å². The Labute approximate surface area is 165 Å². The summed E-state index contributed by atoms with van der Waals surface area (Å²) in [6.07, 6.45) is 1.31. The minimum absolute atomic E-state index is 0.0210. The van der Waals surface area contributed by atoms with Gasteiger partial charge in [-0.15, -0.1) is 0 Å². The molecule has 0 spiro atoms. The first-order valence-electron chi connectivity index (χ1n) is 8.29. The maximum absolute atomic E-state index is 13.2. The molecule has 0 fully saturated rings. The van der Waals surface area contributed by atoms with Crippen LogP contribution < -0.4 is 11.3 Å². The van der Waals surface area contributed by atoms with E-state index >= 15 is 0 Å². The lowest BCUT2D eigenvalue weighted by atomic mass is 10.2. The molecule has 0 saturated heterocycles. The Bertz CT molecular complexity index is 1330. The van der Waals surface area contributed by atoms with Crippen molar-refractivity contribution in [2.24, 2.45) is 0 Å². The summed E-state index contributed by atoms with van der Waals surface area (Å²) in [5.41, 5.74) is 6.71. The molecule has 0 aliphatic heterocycles. The molecular formula is C19H15ClN4O3S. The third-order valence-corrected chi connectivity index (χ3v) is 6.56. The van der Waals surface area contributed by atoms with E-state index < -0.39 is 15.4 Å². The Morgan fingerprint density at radius 1 is 1.07 bits per heavy atom. The quantitative estimate of drug-likeness (QED) is 0.533. The minimum atomic E-state index is -3.95. The fraction of sp³-hybridized carbons (Fsp3) is 0.0526. The predicted molar refractivity (Wildman–Crippen MR) is 107 cm³/mol. The lowest BCUT2D eigenvalue weighted by molar-refractivity contribution is 0.597. The summed E-state index contributed by atoms with van der Waals surface area (Å²) in [6.45, 7) is 0.205. The SMILES string of the molecule is Nc1c(S(=O)(=O)c2ccccc2)c2cn[nH]c(=O)c2n1Cc1ccc(Cl)cc1. The lowest BCUT2D eigenvalue weighted by Gasteiger charge is -2.09. The monoisotopic (exact) mass is 414 g/mol. The van der Waals surface area contributed by atoms with Crippen LogP contribution in [0.5, 0.6) is 0 Å². The van der Waals surface area contributed by atoms with E-state index in [1.807, 2.05) is 0 Å². The zero-order valence-electron chi connectivity index (χ0n) is 14.5. The Kier molecular flexibility index (Phi) is 4.44. The van der Waals surface area contributed by atoms with E-state index in [4.69, 9.17) is 17.3 Å². The molecule has 9 heteroatoms. The molecule has 0 radical (unpaired) electrons. The molecule has 2 heterocycles. The van der Waals surface area contributed by atoms with Crippen molar-refractivity contribution in [2.45, 2.75) is 16.3 Å². The summed E-state index contributed by atoms with van der Waals surface area (Å²) in [4.78, 5) is 12.4. The number of nitrogen functional groups attached to an aromatic ring is 1. The molecule has 0 unspecified atom stereocenters. The van der Waals surface area contributed by atoms with Crippen LogP contribution in [0.1, 0.15) is 5.56 Å². The maximum atomic E-state index is 13.2. The molecule has 2 aromatic carbocycles. The summed E-state index contributed by atoms with van der Waals surface area (Å²) in [5.74, 6) is -0.0210. The van der Waals surface area contributed by atoms with E-state index in [-0.39, 0.29) is 33.1 Å². The first kappa shape index (κ1) is 18.3. The van der Waals surface area contributed by atoms with Gasteiger partial charge in [0.2, 0.25) is 9.84 Å². The van der Waals surface area contributed by atoms with Crippen molar-refractivity contribution in [3.8, 4) is 0 Å². The normalized spacial score (nSPS) is 11.8. The van der Waals surface area contributed by atoms with E-state index in [9.17, 15) is 13.2 Å². The molecule has 28 heavy (non-hydrogen) atoms. The summed E-state index contributed by atoms with van der Waals surface area (Å²) < 4.78 is 28.0. The second-order valence-electron chi connectivity index (χ2n) is 6.20. The number of anilines is 1. The first-order chi connectivity index (χ1) is 13.4. The number of sulfone groups is 1. The molecule has 0 aliphatic rings. The Morgan fingerprint density at radius 3 is 2.43 bits per heavy atom. The smallest absolute Gasteiger partial charge is 0.288 e. The number of nitrogens with two attached hydrogens (primary N) is 1. The molecule has 4 aromatic rings. The summed E-state index contributed by atoms with van der Waals surface area (Å²) in [6, 6.07) is 14.9. The minimum Gasteiger partial charge on any atom is -0.384 e.